The molecule has 258 valence electrons. The van der Waals surface area contributed by atoms with Crippen molar-refractivity contribution in [1.29, 1.82) is 0 Å². The van der Waals surface area contributed by atoms with Crippen molar-refractivity contribution in [2.24, 2.45) is 22.7 Å². The highest BCUT2D eigenvalue weighted by atomic mass is 16.5. The molecule has 4 aliphatic rings. The van der Waals surface area contributed by atoms with Crippen LogP contribution in [0.5, 0.6) is 5.75 Å². The van der Waals surface area contributed by atoms with E-state index >= 15 is 0 Å². The van der Waals surface area contributed by atoms with Crippen LogP contribution in [0.25, 0.3) is 0 Å². The van der Waals surface area contributed by atoms with Gasteiger partial charge in [-0.1, -0.05) is 44.9 Å². The maximum absolute atomic E-state index is 12.1. The van der Waals surface area contributed by atoms with Crippen LogP contribution in [0.4, 0.5) is 0 Å². The molecular formula is C39H60O7. The standard InChI is InChI=1S/C39H60O7/c1-4-5-6-14-38-15-18-39(19-16-38,20-17-38)35-9-7-31(8-10-35)34-24-32(12-21-44-28-42)36(45-22-11-30(26-40)27-41)33(25-34)13-23-46-37(43)29(2)3/h24-25,28,30-31,35,40-41H,2,4-23,26-27H2,1,3H3. The molecule has 2 N–H and O–H groups in total. The molecule has 0 atom stereocenters. The molecule has 0 heterocycles. The molecule has 4 fully saturated rings. The number of carbonyl (C=O) groups is 2. The molecule has 1 aromatic carbocycles. The fraction of sp³-hybridized carbons (Fsp3) is 0.744. The fourth-order valence-electron chi connectivity index (χ4n) is 8.80. The van der Waals surface area contributed by atoms with Crippen LogP contribution in [-0.2, 0) is 31.9 Å². The average Bonchev–Trinajstić information content (AvgIpc) is 3.08. The van der Waals surface area contributed by atoms with Crippen LogP contribution in [0.15, 0.2) is 24.3 Å². The van der Waals surface area contributed by atoms with Crippen LogP contribution < -0.4 is 4.74 Å². The van der Waals surface area contributed by atoms with E-state index in [0.29, 0.717) is 54.7 Å². The summed E-state index contributed by atoms with van der Waals surface area (Å²) in [6.45, 7) is 8.70. The van der Waals surface area contributed by atoms with Crippen LogP contribution in [0.1, 0.15) is 133 Å². The van der Waals surface area contributed by atoms with E-state index in [0.717, 1.165) is 22.8 Å². The first-order chi connectivity index (χ1) is 22.3. The lowest BCUT2D eigenvalue weighted by Crippen LogP contribution is -2.46. The lowest BCUT2D eigenvalue weighted by Gasteiger charge is -2.58. The number of benzene rings is 1. The summed E-state index contributed by atoms with van der Waals surface area (Å²) >= 11 is 0. The van der Waals surface area contributed by atoms with Crippen LogP contribution in [0, 0.1) is 22.7 Å². The number of rotatable bonds is 20. The molecule has 0 aliphatic heterocycles. The number of hydrogen-bond acceptors (Lipinski definition) is 7. The minimum atomic E-state index is -0.409. The second-order valence-corrected chi connectivity index (χ2v) is 14.8. The highest BCUT2D eigenvalue weighted by Gasteiger charge is 2.51. The first-order valence-corrected chi connectivity index (χ1v) is 18.2. The second kappa shape index (κ2) is 17.7. The molecule has 5 rings (SSSR count). The van der Waals surface area contributed by atoms with E-state index in [1.165, 1.54) is 95.5 Å². The Balaban J connectivity index is 1.48. The lowest BCUT2D eigenvalue weighted by atomic mass is 9.47. The van der Waals surface area contributed by atoms with Crippen molar-refractivity contribution in [2.45, 2.75) is 129 Å². The van der Waals surface area contributed by atoms with Gasteiger partial charge in [0.2, 0.25) is 0 Å². The Morgan fingerprint density at radius 1 is 0.957 bits per heavy atom. The van der Waals surface area contributed by atoms with Gasteiger partial charge in [-0.15, -0.1) is 0 Å². The van der Waals surface area contributed by atoms with Gasteiger partial charge in [-0.25, -0.2) is 4.79 Å². The molecule has 2 bridgehead atoms. The molecule has 4 aliphatic carbocycles. The molecule has 7 heteroatoms. The zero-order valence-corrected chi connectivity index (χ0v) is 28.7. The third-order valence-electron chi connectivity index (χ3n) is 11.9. The smallest absolute Gasteiger partial charge is 0.333 e. The van der Waals surface area contributed by atoms with Crippen molar-refractivity contribution < 1.29 is 34.0 Å². The predicted molar refractivity (Wildman–Crippen MR) is 181 cm³/mol. The molecular weight excluding hydrogens is 580 g/mol. The zero-order chi connectivity index (χ0) is 33.0. The molecule has 0 aromatic heterocycles. The van der Waals surface area contributed by atoms with Crippen molar-refractivity contribution >= 4 is 12.4 Å². The number of aliphatic hydroxyl groups is 2. The molecule has 7 nitrogen and oxygen atoms in total. The summed E-state index contributed by atoms with van der Waals surface area (Å²) in [4.78, 5) is 23.1. The summed E-state index contributed by atoms with van der Waals surface area (Å²) < 4.78 is 16.9. The first kappa shape index (κ1) is 36.5. The van der Waals surface area contributed by atoms with Crippen LogP contribution in [-0.4, -0.2) is 55.7 Å². The zero-order valence-electron chi connectivity index (χ0n) is 28.7. The molecule has 4 saturated carbocycles. The van der Waals surface area contributed by atoms with Gasteiger partial charge in [-0.3, -0.25) is 4.79 Å². The number of aliphatic hydroxyl groups excluding tert-OH is 2. The highest BCUT2D eigenvalue weighted by Crippen LogP contribution is 2.63. The molecule has 0 radical (unpaired) electrons. The fourth-order valence-corrected chi connectivity index (χ4v) is 8.80. The maximum Gasteiger partial charge on any atom is 0.333 e. The molecule has 0 saturated heterocycles. The van der Waals surface area contributed by atoms with Gasteiger partial charge in [0.25, 0.3) is 6.47 Å². The quantitative estimate of drug-likeness (QED) is 0.0654. The Hall–Kier alpha value is -2.38. The van der Waals surface area contributed by atoms with E-state index in [-0.39, 0.29) is 32.3 Å². The van der Waals surface area contributed by atoms with E-state index in [9.17, 15) is 19.8 Å². The van der Waals surface area contributed by atoms with E-state index in [1.54, 1.807) is 6.92 Å². The Kier molecular flexibility index (Phi) is 14.0. The van der Waals surface area contributed by atoms with Crippen LogP contribution >= 0.6 is 0 Å². The predicted octanol–water partition coefficient (Wildman–Crippen LogP) is 7.63. The summed E-state index contributed by atoms with van der Waals surface area (Å²) in [5.41, 5.74) is 4.81. The van der Waals surface area contributed by atoms with Gasteiger partial charge in [-0.05, 0) is 123 Å². The second-order valence-electron chi connectivity index (χ2n) is 14.8. The monoisotopic (exact) mass is 640 g/mol. The summed E-state index contributed by atoms with van der Waals surface area (Å²) in [6, 6.07) is 4.47. The van der Waals surface area contributed by atoms with Crippen LogP contribution in [0.3, 0.4) is 0 Å². The van der Waals surface area contributed by atoms with Crippen molar-refractivity contribution in [3.63, 3.8) is 0 Å². The average molecular weight is 641 g/mol. The molecule has 0 unspecified atom stereocenters. The number of esters is 1. The number of carbonyl (C=O) groups excluding carboxylic acids is 2. The van der Waals surface area contributed by atoms with Crippen molar-refractivity contribution in [1.82, 2.24) is 0 Å². The number of hydrogen-bond donors (Lipinski definition) is 2. The van der Waals surface area contributed by atoms with Gasteiger partial charge in [0, 0.05) is 37.5 Å². The summed E-state index contributed by atoms with van der Waals surface area (Å²) in [5.74, 6) is 1.35. The van der Waals surface area contributed by atoms with Crippen molar-refractivity contribution in [2.75, 3.05) is 33.0 Å². The minimum absolute atomic E-state index is 0.105. The Labute approximate surface area is 277 Å². The lowest BCUT2D eigenvalue weighted by molar-refractivity contribution is -0.138. The molecule has 1 aromatic rings. The van der Waals surface area contributed by atoms with E-state index in [4.69, 9.17) is 14.2 Å². The van der Waals surface area contributed by atoms with Gasteiger partial charge in [-0.2, -0.15) is 0 Å². The third-order valence-corrected chi connectivity index (χ3v) is 11.9. The van der Waals surface area contributed by atoms with E-state index in [2.05, 4.69) is 25.6 Å². The third kappa shape index (κ3) is 9.37. The molecule has 46 heavy (non-hydrogen) atoms. The highest BCUT2D eigenvalue weighted by molar-refractivity contribution is 5.86. The number of unbranched alkanes of at least 4 members (excludes halogenated alkanes) is 2. The Morgan fingerprint density at radius 2 is 1.59 bits per heavy atom. The van der Waals surface area contributed by atoms with Gasteiger partial charge in [0.1, 0.15) is 5.75 Å². The largest absolute Gasteiger partial charge is 0.493 e. The minimum Gasteiger partial charge on any atom is -0.493 e. The summed E-state index contributed by atoms with van der Waals surface area (Å²) in [6.07, 6.45) is 20.6. The van der Waals surface area contributed by atoms with Gasteiger partial charge in [0.05, 0.1) is 19.8 Å². The first-order valence-electron chi connectivity index (χ1n) is 18.2. The van der Waals surface area contributed by atoms with Gasteiger partial charge >= 0.3 is 5.97 Å². The molecule has 0 spiro atoms. The molecule has 0 amide bonds. The van der Waals surface area contributed by atoms with Crippen LogP contribution in [0.2, 0.25) is 0 Å². The van der Waals surface area contributed by atoms with E-state index in [1.807, 2.05) is 0 Å². The van der Waals surface area contributed by atoms with E-state index < -0.39 is 5.97 Å². The SMILES string of the molecule is C=C(C)C(=O)OCCc1cc(C2CCC(C34CCC(CCCCC)(CC3)CC4)CC2)cc(CCOC=O)c1OCCC(CO)CO. The Morgan fingerprint density at radius 3 is 2.15 bits per heavy atom. The van der Waals surface area contributed by atoms with Crippen molar-refractivity contribution in [3.8, 4) is 5.75 Å². The maximum atomic E-state index is 12.1. The topological polar surface area (TPSA) is 102 Å². The number of fused-ring (bicyclic) bond motifs is 3. The van der Waals surface area contributed by atoms with Gasteiger partial charge in [0.15, 0.2) is 0 Å². The number of ether oxygens (including phenoxy) is 3. The Bertz CT molecular complexity index is 1110. The van der Waals surface area contributed by atoms with Crippen molar-refractivity contribution in [3.05, 3.63) is 41.0 Å². The summed E-state index contributed by atoms with van der Waals surface area (Å²) in [7, 11) is 0. The normalized spacial score (nSPS) is 25.8. The van der Waals surface area contributed by atoms with Gasteiger partial charge < -0.3 is 24.4 Å². The summed E-state index contributed by atoms with van der Waals surface area (Å²) in [5, 5.41) is 19.1.